The molecule has 4 heteroatoms. The van der Waals surface area contributed by atoms with Gasteiger partial charge in [-0.05, 0) is 39.3 Å². The van der Waals surface area contributed by atoms with E-state index in [1.807, 2.05) is 0 Å². The lowest BCUT2D eigenvalue weighted by Gasteiger charge is -2.27. The lowest BCUT2D eigenvalue weighted by atomic mass is 10.1. The first kappa shape index (κ1) is 13.3. The lowest BCUT2D eigenvalue weighted by molar-refractivity contribution is 0.169. The van der Waals surface area contributed by atoms with Crippen LogP contribution in [0.2, 0.25) is 0 Å². The molecular weight excluding hydrogens is 214 g/mol. The van der Waals surface area contributed by atoms with E-state index < -0.39 is 0 Å². The Morgan fingerprint density at radius 2 is 2.06 bits per heavy atom. The number of nitrogens with zero attached hydrogens (tertiary/aromatic N) is 2. The Labute approximate surface area is 105 Å². The first-order valence-corrected chi connectivity index (χ1v) is 6.89. The summed E-state index contributed by atoms with van der Waals surface area (Å²) in [6.07, 6.45) is 5.04. The molecule has 2 aliphatic heterocycles. The van der Waals surface area contributed by atoms with E-state index in [0.717, 1.165) is 31.7 Å². The van der Waals surface area contributed by atoms with Gasteiger partial charge in [0.2, 0.25) is 0 Å². The summed E-state index contributed by atoms with van der Waals surface area (Å²) in [5, 5.41) is 0. The molecule has 2 rings (SSSR count). The van der Waals surface area contributed by atoms with Crippen molar-refractivity contribution in [3.63, 3.8) is 0 Å². The normalized spacial score (nSPS) is 32.6. The Bertz CT molecular complexity index is 237. The molecule has 2 bridgehead atoms. The number of nitrogens with two attached hydrogens (primary N) is 1. The van der Waals surface area contributed by atoms with Crippen LogP contribution in [0.4, 0.5) is 0 Å². The lowest BCUT2D eigenvalue weighted by Crippen LogP contribution is -2.42. The van der Waals surface area contributed by atoms with E-state index >= 15 is 0 Å². The van der Waals surface area contributed by atoms with Gasteiger partial charge in [-0.1, -0.05) is 0 Å². The minimum Gasteiger partial charge on any atom is -0.385 e. The molecule has 3 atom stereocenters. The number of likely N-dealkylation sites (N-methyl/N-ethyl adjacent to an activating group) is 1. The molecule has 4 nitrogen and oxygen atoms in total. The molecule has 0 amide bonds. The molecule has 17 heavy (non-hydrogen) atoms. The monoisotopic (exact) mass is 241 g/mol. The van der Waals surface area contributed by atoms with E-state index in [-0.39, 0.29) is 6.04 Å². The van der Waals surface area contributed by atoms with Crippen LogP contribution in [0.1, 0.15) is 25.7 Å². The standard InChI is InChI=1S/C13H27N3O/c1-15-12-3-4-13(15)10-16(7-5-12)9-11(14)6-8-17-2/h11-13H,3-10,14H2,1-2H3. The molecule has 2 N–H and O–H groups in total. The first-order valence-electron chi connectivity index (χ1n) is 6.89. The van der Waals surface area contributed by atoms with Crippen molar-refractivity contribution >= 4 is 0 Å². The van der Waals surface area contributed by atoms with Gasteiger partial charge >= 0.3 is 0 Å². The fourth-order valence-electron chi connectivity index (χ4n) is 3.24. The second kappa shape index (κ2) is 6.14. The number of hydrogen-bond acceptors (Lipinski definition) is 4. The zero-order valence-electron chi connectivity index (χ0n) is 11.3. The molecule has 0 radical (unpaired) electrons. The Hall–Kier alpha value is -0.160. The summed E-state index contributed by atoms with van der Waals surface area (Å²) in [7, 11) is 4.03. The molecule has 2 aliphatic rings. The summed E-state index contributed by atoms with van der Waals surface area (Å²) in [5.41, 5.74) is 6.14. The maximum atomic E-state index is 6.14. The molecule has 0 spiro atoms. The van der Waals surface area contributed by atoms with Gasteiger partial charge in [0.05, 0.1) is 0 Å². The number of fused-ring (bicyclic) bond motifs is 2. The summed E-state index contributed by atoms with van der Waals surface area (Å²) in [4.78, 5) is 5.14. The zero-order valence-corrected chi connectivity index (χ0v) is 11.3. The number of likely N-dealkylation sites (tertiary alicyclic amines) is 1. The summed E-state index contributed by atoms with van der Waals surface area (Å²) in [5.74, 6) is 0. The minimum atomic E-state index is 0.261. The van der Waals surface area contributed by atoms with Gasteiger partial charge in [0, 0.05) is 44.9 Å². The van der Waals surface area contributed by atoms with Crippen LogP contribution < -0.4 is 5.73 Å². The molecule has 2 saturated heterocycles. The third kappa shape index (κ3) is 3.41. The second-order valence-electron chi connectivity index (χ2n) is 5.64. The van der Waals surface area contributed by atoms with Crippen LogP contribution in [-0.4, -0.2) is 68.3 Å². The number of rotatable bonds is 5. The van der Waals surface area contributed by atoms with E-state index in [1.54, 1.807) is 7.11 Å². The van der Waals surface area contributed by atoms with Gasteiger partial charge in [0.25, 0.3) is 0 Å². The van der Waals surface area contributed by atoms with Gasteiger partial charge < -0.3 is 15.4 Å². The van der Waals surface area contributed by atoms with Crippen LogP contribution in [0.3, 0.4) is 0 Å². The quantitative estimate of drug-likeness (QED) is 0.762. The molecule has 0 aromatic carbocycles. The highest BCUT2D eigenvalue weighted by Crippen LogP contribution is 2.28. The predicted molar refractivity (Wildman–Crippen MR) is 70.1 cm³/mol. The first-order chi connectivity index (χ1) is 8.20. The van der Waals surface area contributed by atoms with Gasteiger partial charge in [-0.25, -0.2) is 0 Å². The second-order valence-corrected chi connectivity index (χ2v) is 5.64. The summed E-state index contributed by atoms with van der Waals surface area (Å²) >= 11 is 0. The Balaban J connectivity index is 1.78. The van der Waals surface area contributed by atoms with Crippen molar-refractivity contribution in [2.45, 2.75) is 43.8 Å². The van der Waals surface area contributed by atoms with Crippen LogP contribution in [0, 0.1) is 0 Å². The van der Waals surface area contributed by atoms with Gasteiger partial charge in [0.1, 0.15) is 0 Å². The molecule has 0 saturated carbocycles. The fraction of sp³-hybridized carbons (Fsp3) is 1.00. The van der Waals surface area contributed by atoms with Gasteiger partial charge in [-0.15, -0.1) is 0 Å². The SMILES string of the molecule is COCCC(N)CN1CCC2CCC(C1)N2C. The van der Waals surface area contributed by atoms with E-state index in [0.29, 0.717) is 0 Å². The van der Waals surface area contributed by atoms with Gasteiger partial charge in [-0.2, -0.15) is 0 Å². The van der Waals surface area contributed by atoms with Gasteiger partial charge in [0.15, 0.2) is 0 Å². The number of hydrogen-bond donors (Lipinski definition) is 1. The molecule has 0 aliphatic carbocycles. The molecule has 3 unspecified atom stereocenters. The number of ether oxygens (including phenoxy) is 1. The Kier molecular flexibility index (Phi) is 4.79. The fourth-order valence-corrected chi connectivity index (χ4v) is 3.24. The molecule has 0 aromatic rings. The number of methoxy groups -OCH3 is 1. The summed E-state index contributed by atoms with van der Waals surface area (Å²) in [6.45, 7) is 4.22. The summed E-state index contributed by atoms with van der Waals surface area (Å²) < 4.78 is 5.09. The molecular formula is C13H27N3O. The van der Waals surface area contributed by atoms with Crippen LogP contribution in [0.15, 0.2) is 0 Å². The van der Waals surface area contributed by atoms with Crippen LogP contribution >= 0.6 is 0 Å². The van der Waals surface area contributed by atoms with Crippen LogP contribution in [0.5, 0.6) is 0 Å². The Morgan fingerprint density at radius 1 is 1.29 bits per heavy atom. The van der Waals surface area contributed by atoms with Crippen molar-refractivity contribution < 1.29 is 4.74 Å². The highest BCUT2D eigenvalue weighted by Gasteiger charge is 2.34. The van der Waals surface area contributed by atoms with Crippen molar-refractivity contribution in [2.24, 2.45) is 5.73 Å². The predicted octanol–water partition coefficient (Wildman–Crippen LogP) is 0.519. The average molecular weight is 241 g/mol. The van der Waals surface area contributed by atoms with Crippen LogP contribution in [-0.2, 0) is 4.74 Å². The third-order valence-corrected chi connectivity index (χ3v) is 4.42. The topological polar surface area (TPSA) is 41.7 Å². The van der Waals surface area contributed by atoms with Crippen molar-refractivity contribution in [2.75, 3.05) is 40.4 Å². The van der Waals surface area contributed by atoms with E-state index in [4.69, 9.17) is 10.5 Å². The zero-order chi connectivity index (χ0) is 12.3. The smallest absolute Gasteiger partial charge is 0.0477 e. The van der Waals surface area contributed by atoms with Gasteiger partial charge in [-0.3, -0.25) is 4.90 Å². The van der Waals surface area contributed by atoms with Crippen molar-refractivity contribution in [3.8, 4) is 0 Å². The van der Waals surface area contributed by atoms with Crippen LogP contribution in [0.25, 0.3) is 0 Å². The maximum Gasteiger partial charge on any atom is 0.0477 e. The van der Waals surface area contributed by atoms with Crippen molar-refractivity contribution in [1.82, 2.24) is 9.80 Å². The van der Waals surface area contributed by atoms with E-state index in [1.165, 1.54) is 32.4 Å². The average Bonchev–Trinajstić information content (AvgIpc) is 2.55. The minimum absolute atomic E-state index is 0.261. The highest BCUT2D eigenvalue weighted by atomic mass is 16.5. The molecule has 0 aromatic heterocycles. The molecule has 2 fully saturated rings. The van der Waals surface area contributed by atoms with Crippen molar-refractivity contribution in [3.05, 3.63) is 0 Å². The maximum absolute atomic E-state index is 6.14. The highest BCUT2D eigenvalue weighted by molar-refractivity contribution is 4.91. The van der Waals surface area contributed by atoms with Crippen molar-refractivity contribution in [1.29, 1.82) is 0 Å². The third-order valence-electron chi connectivity index (χ3n) is 4.42. The Morgan fingerprint density at radius 3 is 2.82 bits per heavy atom. The van der Waals surface area contributed by atoms with E-state index in [2.05, 4.69) is 16.8 Å². The van der Waals surface area contributed by atoms with E-state index in [9.17, 15) is 0 Å². The molecule has 2 heterocycles. The summed E-state index contributed by atoms with van der Waals surface area (Å²) in [6, 6.07) is 1.84. The molecule has 100 valence electrons. The largest absolute Gasteiger partial charge is 0.385 e.